The molecule has 0 spiro atoms. The molecule has 0 saturated carbocycles. The monoisotopic (exact) mass is 250 g/mol. The Kier molecular flexibility index (Phi) is 5.42. The van der Waals surface area contributed by atoms with Crippen LogP contribution in [0.25, 0.3) is 0 Å². The van der Waals surface area contributed by atoms with Crippen LogP contribution < -0.4 is 10.6 Å². The van der Waals surface area contributed by atoms with Gasteiger partial charge >= 0.3 is 0 Å². The molecule has 2 N–H and O–H groups in total. The quantitative estimate of drug-likeness (QED) is 0.793. The molecule has 1 aromatic rings. The summed E-state index contributed by atoms with van der Waals surface area (Å²) in [6.45, 7) is 8.59. The molecule has 1 atom stereocenters. The number of rotatable bonds is 4. The molecule has 0 radical (unpaired) electrons. The summed E-state index contributed by atoms with van der Waals surface area (Å²) < 4.78 is 0. The first-order valence-corrected chi connectivity index (χ1v) is 6.61. The largest absolute Gasteiger partial charge is 0.360 e. The third-order valence-electron chi connectivity index (χ3n) is 2.77. The number of thiocarbonyl (C=S) groups is 1. The van der Waals surface area contributed by atoms with E-state index in [9.17, 15) is 0 Å². The molecule has 1 rings (SSSR count). The molecule has 0 aliphatic carbocycles. The van der Waals surface area contributed by atoms with Gasteiger partial charge in [0.15, 0.2) is 5.11 Å². The fourth-order valence-electron chi connectivity index (χ4n) is 1.56. The molecule has 0 bridgehead atoms. The molecule has 17 heavy (non-hydrogen) atoms. The normalized spacial score (nSPS) is 12.3. The first-order chi connectivity index (χ1) is 8.02. The van der Waals surface area contributed by atoms with Crippen LogP contribution in [0.4, 0.5) is 5.69 Å². The highest BCUT2D eigenvalue weighted by Gasteiger charge is 2.03. The minimum atomic E-state index is 0.356. The summed E-state index contributed by atoms with van der Waals surface area (Å²) in [6.07, 6.45) is 1.17. The third-order valence-corrected chi connectivity index (χ3v) is 2.99. The summed E-state index contributed by atoms with van der Waals surface area (Å²) in [4.78, 5) is 0. The van der Waals surface area contributed by atoms with E-state index in [2.05, 4.69) is 62.6 Å². The zero-order chi connectivity index (χ0) is 12.8. The molecule has 0 heterocycles. The summed E-state index contributed by atoms with van der Waals surface area (Å²) in [7, 11) is 0. The Hall–Kier alpha value is -1.09. The topological polar surface area (TPSA) is 24.1 Å². The molecule has 0 saturated heterocycles. The standard InChI is InChI=1S/C14H22N2S/c1-5-11(4)12-6-8-13(9-7-12)16-14(17)15-10(2)3/h6-11H,5H2,1-4H3,(H2,15,16,17)/t11-/m0/s1. The Morgan fingerprint density at radius 1 is 1.18 bits per heavy atom. The lowest BCUT2D eigenvalue weighted by atomic mass is 9.99. The zero-order valence-electron chi connectivity index (χ0n) is 11.1. The van der Waals surface area contributed by atoms with E-state index < -0.39 is 0 Å². The summed E-state index contributed by atoms with van der Waals surface area (Å²) in [5.74, 6) is 0.616. The van der Waals surface area contributed by atoms with E-state index in [1.807, 2.05) is 0 Å². The van der Waals surface area contributed by atoms with Crippen LogP contribution in [0.3, 0.4) is 0 Å². The molecule has 2 nitrogen and oxygen atoms in total. The van der Waals surface area contributed by atoms with Crippen molar-refractivity contribution in [3.63, 3.8) is 0 Å². The highest BCUT2D eigenvalue weighted by Crippen LogP contribution is 2.20. The lowest BCUT2D eigenvalue weighted by Gasteiger charge is -2.14. The van der Waals surface area contributed by atoms with Gasteiger partial charge in [0.1, 0.15) is 0 Å². The minimum Gasteiger partial charge on any atom is -0.360 e. The van der Waals surface area contributed by atoms with Gasteiger partial charge in [0.25, 0.3) is 0 Å². The Balaban J connectivity index is 2.59. The number of hydrogen-bond donors (Lipinski definition) is 2. The van der Waals surface area contributed by atoms with Crippen molar-refractivity contribution in [1.29, 1.82) is 0 Å². The molecule has 0 amide bonds. The first kappa shape index (κ1) is 14.0. The van der Waals surface area contributed by atoms with Gasteiger partial charge in [0.2, 0.25) is 0 Å². The van der Waals surface area contributed by atoms with Crippen LogP contribution in [0.1, 0.15) is 45.6 Å². The second kappa shape index (κ2) is 6.60. The maximum absolute atomic E-state index is 5.20. The maximum atomic E-state index is 5.20. The lowest BCUT2D eigenvalue weighted by molar-refractivity contribution is 0.733. The molecule has 3 heteroatoms. The molecule has 0 aliphatic rings. The predicted molar refractivity (Wildman–Crippen MR) is 79.6 cm³/mol. The summed E-state index contributed by atoms with van der Waals surface area (Å²) in [6, 6.07) is 8.84. The minimum absolute atomic E-state index is 0.356. The van der Waals surface area contributed by atoms with Crippen LogP contribution in [-0.4, -0.2) is 11.2 Å². The van der Waals surface area contributed by atoms with Gasteiger partial charge in [-0.25, -0.2) is 0 Å². The van der Waals surface area contributed by atoms with Gasteiger partial charge in [-0.05, 0) is 56.1 Å². The molecule has 0 unspecified atom stereocenters. The van der Waals surface area contributed by atoms with Crippen LogP contribution >= 0.6 is 12.2 Å². The average Bonchev–Trinajstić information content (AvgIpc) is 2.28. The zero-order valence-corrected chi connectivity index (χ0v) is 11.9. The van der Waals surface area contributed by atoms with Crippen LogP contribution in [0.2, 0.25) is 0 Å². The second-order valence-electron chi connectivity index (χ2n) is 4.68. The van der Waals surface area contributed by atoms with E-state index >= 15 is 0 Å². The number of anilines is 1. The van der Waals surface area contributed by atoms with Gasteiger partial charge in [-0.2, -0.15) is 0 Å². The van der Waals surface area contributed by atoms with Crippen molar-refractivity contribution in [2.45, 2.75) is 46.1 Å². The van der Waals surface area contributed by atoms with Crippen molar-refractivity contribution >= 4 is 23.0 Å². The fraction of sp³-hybridized carbons (Fsp3) is 0.500. The van der Waals surface area contributed by atoms with Crippen LogP contribution in [0.15, 0.2) is 24.3 Å². The fourth-order valence-corrected chi connectivity index (χ4v) is 1.91. The Bertz CT molecular complexity index is 357. The highest BCUT2D eigenvalue weighted by molar-refractivity contribution is 7.80. The lowest BCUT2D eigenvalue weighted by Crippen LogP contribution is -2.33. The predicted octanol–water partition coefficient (Wildman–Crippen LogP) is 3.89. The van der Waals surface area contributed by atoms with Crippen LogP contribution in [0, 0.1) is 0 Å². The number of hydrogen-bond acceptors (Lipinski definition) is 1. The molecule has 1 aromatic carbocycles. The highest BCUT2D eigenvalue weighted by atomic mass is 32.1. The number of nitrogens with one attached hydrogen (secondary N) is 2. The van der Waals surface area contributed by atoms with Crippen LogP contribution in [-0.2, 0) is 0 Å². The van der Waals surface area contributed by atoms with Crippen molar-refractivity contribution in [2.75, 3.05) is 5.32 Å². The molecule has 0 aromatic heterocycles. The first-order valence-electron chi connectivity index (χ1n) is 6.20. The van der Waals surface area contributed by atoms with E-state index in [0.29, 0.717) is 17.1 Å². The Labute approximate surface area is 110 Å². The van der Waals surface area contributed by atoms with E-state index in [1.165, 1.54) is 12.0 Å². The van der Waals surface area contributed by atoms with Gasteiger partial charge < -0.3 is 10.6 Å². The van der Waals surface area contributed by atoms with Gasteiger partial charge in [0.05, 0.1) is 0 Å². The maximum Gasteiger partial charge on any atom is 0.170 e. The van der Waals surface area contributed by atoms with E-state index in [1.54, 1.807) is 0 Å². The second-order valence-corrected chi connectivity index (χ2v) is 5.09. The van der Waals surface area contributed by atoms with Crippen molar-refractivity contribution in [2.24, 2.45) is 0 Å². The average molecular weight is 250 g/mol. The summed E-state index contributed by atoms with van der Waals surface area (Å²) >= 11 is 5.20. The van der Waals surface area contributed by atoms with Gasteiger partial charge in [-0.1, -0.05) is 26.0 Å². The van der Waals surface area contributed by atoms with Crippen molar-refractivity contribution in [1.82, 2.24) is 5.32 Å². The molecular weight excluding hydrogens is 228 g/mol. The van der Waals surface area contributed by atoms with Gasteiger partial charge in [-0.15, -0.1) is 0 Å². The molecular formula is C14H22N2S. The molecule has 0 fully saturated rings. The molecule has 0 aliphatic heterocycles. The van der Waals surface area contributed by atoms with Gasteiger partial charge in [-0.3, -0.25) is 0 Å². The van der Waals surface area contributed by atoms with Crippen molar-refractivity contribution < 1.29 is 0 Å². The van der Waals surface area contributed by atoms with E-state index in [0.717, 1.165) is 5.69 Å². The Morgan fingerprint density at radius 2 is 1.76 bits per heavy atom. The van der Waals surface area contributed by atoms with E-state index in [4.69, 9.17) is 12.2 Å². The van der Waals surface area contributed by atoms with Crippen molar-refractivity contribution in [3.05, 3.63) is 29.8 Å². The summed E-state index contributed by atoms with van der Waals surface area (Å²) in [5, 5.41) is 7.01. The Morgan fingerprint density at radius 3 is 2.24 bits per heavy atom. The smallest absolute Gasteiger partial charge is 0.170 e. The SMILES string of the molecule is CC[C@H](C)c1ccc(NC(=S)NC(C)C)cc1. The van der Waals surface area contributed by atoms with Crippen molar-refractivity contribution in [3.8, 4) is 0 Å². The summed E-state index contributed by atoms with van der Waals surface area (Å²) in [5.41, 5.74) is 2.41. The number of benzene rings is 1. The third kappa shape index (κ3) is 4.73. The van der Waals surface area contributed by atoms with Gasteiger partial charge in [0, 0.05) is 11.7 Å². The van der Waals surface area contributed by atoms with Crippen LogP contribution in [0.5, 0.6) is 0 Å². The van der Waals surface area contributed by atoms with E-state index in [-0.39, 0.29) is 0 Å². The molecule has 94 valence electrons.